The van der Waals surface area contributed by atoms with Gasteiger partial charge in [-0.2, -0.15) is 0 Å². The van der Waals surface area contributed by atoms with E-state index < -0.39 is 0 Å². The summed E-state index contributed by atoms with van der Waals surface area (Å²) in [7, 11) is 1.69. The maximum atomic E-state index is 12.0. The number of anilines is 1. The second-order valence-electron chi connectivity index (χ2n) is 4.84. The smallest absolute Gasteiger partial charge is 0.251 e. The van der Waals surface area contributed by atoms with Gasteiger partial charge < -0.3 is 10.2 Å². The van der Waals surface area contributed by atoms with Crippen molar-refractivity contribution in [3.8, 4) is 0 Å². The van der Waals surface area contributed by atoms with Crippen LogP contribution in [0.1, 0.15) is 15.9 Å². The molecule has 0 aliphatic heterocycles. The van der Waals surface area contributed by atoms with Crippen molar-refractivity contribution in [3.63, 3.8) is 0 Å². The number of carbonyl (C=O) groups excluding carboxylic acids is 2. The summed E-state index contributed by atoms with van der Waals surface area (Å²) in [5.41, 5.74) is 2.44. The molecule has 108 valence electrons. The third-order valence-corrected chi connectivity index (χ3v) is 3.23. The van der Waals surface area contributed by atoms with E-state index in [1.807, 2.05) is 49.4 Å². The van der Waals surface area contributed by atoms with Crippen LogP contribution in [-0.4, -0.2) is 25.4 Å². The predicted molar refractivity (Wildman–Crippen MR) is 83.4 cm³/mol. The molecule has 0 saturated carbocycles. The van der Waals surface area contributed by atoms with Gasteiger partial charge in [-0.25, -0.2) is 0 Å². The van der Waals surface area contributed by atoms with Crippen molar-refractivity contribution in [1.82, 2.24) is 5.32 Å². The molecule has 2 aromatic carbocycles. The zero-order valence-electron chi connectivity index (χ0n) is 12.2. The lowest BCUT2D eigenvalue weighted by molar-refractivity contribution is -0.117. The van der Waals surface area contributed by atoms with Crippen LogP contribution >= 0.6 is 0 Å². The second-order valence-corrected chi connectivity index (χ2v) is 4.84. The van der Waals surface area contributed by atoms with E-state index in [0.717, 1.165) is 11.3 Å². The molecule has 0 unspecified atom stereocenters. The molecule has 0 aromatic heterocycles. The van der Waals surface area contributed by atoms with Gasteiger partial charge in [0.15, 0.2) is 0 Å². The van der Waals surface area contributed by atoms with E-state index >= 15 is 0 Å². The Morgan fingerprint density at radius 3 is 2.24 bits per heavy atom. The van der Waals surface area contributed by atoms with E-state index in [9.17, 15) is 9.59 Å². The summed E-state index contributed by atoms with van der Waals surface area (Å²) in [6, 6.07) is 16.5. The summed E-state index contributed by atoms with van der Waals surface area (Å²) < 4.78 is 0. The molecule has 0 atom stereocenters. The van der Waals surface area contributed by atoms with Crippen LogP contribution in [0.15, 0.2) is 54.6 Å². The minimum atomic E-state index is -0.246. The van der Waals surface area contributed by atoms with Crippen LogP contribution in [-0.2, 0) is 4.79 Å². The minimum absolute atomic E-state index is 0.0297. The van der Waals surface area contributed by atoms with Crippen LogP contribution in [0.3, 0.4) is 0 Å². The van der Waals surface area contributed by atoms with Crippen LogP contribution < -0.4 is 10.2 Å². The van der Waals surface area contributed by atoms with E-state index in [-0.39, 0.29) is 18.4 Å². The van der Waals surface area contributed by atoms with E-state index in [1.54, 1.807) is 19.2 Å². The maximum Gasteiger partial charge on any atom is 0.251 e. The molecule has 0 spiro atoms. The Bertz CT molecular complexity index is 621. The predicted octanol–water partition coefficient (Wildman–Crippen LogP) is 2.39. The Balaban J connectivity index is 1.92. The Morgan fingerprint density at radius 2 is 1.62 bits per heavy atom. The Labute approximate surface area is 124 Å². The molecule has 2 amide bonds. The monoisotopic (exact) mass is 282 g/mol. The van der Waals surface area contributed by atoms with Crippen molar-refractivity contribution in [1.29, 1.82) is 0 Å². The molecule has 0 bridgehead atoms. The summed E-state index contributed by atoms with van der Waals surface area (Å²) in [6.45, 7) is 1.93. The third-order valence-electron chi connectivity index (χ3n) is 3.23. The molecule has 4 nitrogen and oxygen atoms in total. The first-order valence-corrected chi connectivity index (χ1v) is 6.74. The van der Waals surface area contributed by atoms with Crippen molar-refractivity contribution in [2.45, 2.75) is 6.92 Å². The number of para-hydroxylation sites is 1. The lowest BCUT2D eigenvalue weighted by atomic mass is 10.1. The van der Waals surface area contributed by atoms with Crippen molar-refractivity contribution >= 4 is 17.5 Å². The summed E-state index contributed by atoms with van der Waals surface area (Å²) in [4.78, 5) is 25.5. The van der Waals surface area contributed by atoms with Gasteiger partial charge in [0.1, 0.15) is 0 Å². The molecule has 4 heteroatoms. The van der Waals surface area contributed by atoms with Gasteiger partial charge in [-0.3, -0.25) is 9.59 Å². The lowest BCUT2D eigenvalue weighted by Gasteiger charge is -2.17. The zero-order valence-corrected chi connectivity index (χ0v) is 12.2. The SMILES string of the molecule is Cc1ccc(C(=O)NCC(=O)N(C)c2ccccc2)cc1. The summed E-state index contributed by atoms with van der Waals surface area (Å²) in [6.07, 6.45) is 0. The number of hydrogen-bond donors (Lipinski definition) is 1. The highest BCUT2D eigenvalue weighted by Gasteiger charge is 2.12. The highest BCUT2D eigenvalue weighted by Crippen LogP contribution is 2.10. The van der Waals surface area contributed by atoms with Crippen molar-refractivity contribution in [2.24, 2.45) is 0 Å². The average Bonchev–Trinajstić information content (AvgIpc) is 2.53. The van der Waals surface area contributed by atoms with Crippen LogP contribution in [0.25, 0.3) is 0 Å². The molecule has 0 radical (unpaired) electrons. The fourth-order valence-corrected chi connectivity index (χ4v) is 1.88. The molecule has 1 N–H and O–H groups in total. The van der Waals surface area contributed by atoms with E-state index in [1.165, 1.54) is 4.90 Å². The number of nitrogens with one attached hydrogen (secondary N) is 1. The largest absolute Gasteiger partial charge is 0.343 e. The van der Waals surface area contributed by atoms with Gasteiger partial charge in [-0.15, -0.1) is 0 Å². The van der Waals surface area contributed by atoms with Crippen LogP contribution in [0.4, 0.5) is 5.69 Å². The number of amides is 2. The van der Waals surface area contributed by atoms with Gasteiger partial charge in [0.25, 0.3) is 5.91 Å². The maximum absolute atomic E-state index is 12.0. The van der Waals surface area contributed by atoms with Crippen LogP contribution in [0, 0.1) is 6.92 Å². The number of nitrogens with zero attached hydrogens (tertiary/aromatic N) is 1. The van der Waals surface area contributed by atoms with Gasteiger partial charge >= 0.3 is 0 Å². The van der Waals surface area contributed by atoms with Gasteiger partial charge in [-0.05, 0) is 31.2 Å². The van der Waals surface area contributed by atoms with Crippen molar-refractivity contribution in [2.75, 3.05) is 18.5 Å². The van der Waals surface area contributed by atoms with Crippen LogP contribution in [0.2, 0.25) is 0 Å². The average molecular weight is 282 g/mol. The van der Waals surface area contributed by atoms with Gasteiger partial charge in [0.05, 0.1) is 6.54 Å². The third kappa shape index (κ3) is 3.92. The highest BCUT2D eigenvalue weighted by molar-refractivity contribution is 6.00. The van der Waals surface area contributed by atoms with Gasteiger partial charge in [0.2, 0.25) is 5.91 Å². The fraction of sp³-hybridized carbons (Fsp3) is 0.176. The first kappa shape index (κ1) is 14.8. The molecule has 21 heavy (non-hydrogen) atoms. The topological polar surface area (TPSA) is 49.4 Å². The first-order valence-electron chi connectivity index (χ1n) is 6.74. The first-order chi connectivity index (χ1) is 10.1. The number of likely N-dealkylation sites (N-methyl/N-ethyl adjacent to an activating group) is 1. The summed E-state index contributed by atoms with van der Waals surface area (Å²) >= 11 is 0. The summed E-state index contributed by atoms with van der Waals surface area (Å²) in [5.74, 6) is -0.411. The molecule has 2 rings (SSSR count). The lowest BCUT2D eigenvalue weighted by Crippen LogP contribution is -2.38. The van der Waals surface area contributed by atoms with E-state index in [0.29, 0.717) is 5.56 Å². The van der Waals surface area contributed by atoms with Gasteiger partial charge in [-0.1, -0.05) is 35.9 Å². The molecular weight excluding hydrogens is 264 g/mol. The number of hydrogen-bond acceptors (Lipinski definition) is 2. The zero-order chi connectivity index (χ0) is 15.2. The number of benzene rings is 2. The van der Waals surface area contributed by atoms with Crippen molar-refractivity contribution in [3.05, 3.63) is 65.7 Å². The van der Waals surface area contributed by atoms with Crippen LogP contribution in [0.5, 0.6) is 0 Å². The van der Waals surface area contributed by atoms with Crippen molar-refractivity contribution < 1.29 is 9.59 Å². The molecule has 0 aliphatic carbocycles. The Kier molecular flexibility index (Phi) is 4.72. The van der Waals surface area contributed by atoms with E-state index in [2.05, 4.69) is 5.32 Å². The molecule has 0 fully saturated rings. The Morgan fingerprint density at radius 1 is 1.00 bits per heavy atom. The standard InChI is InChI=1S/C17H18N2O2/c1-13-8-10-14(11-9-13)17(21)18-12-16(20)19(2)15-6-4-3-5-7-15/h3-11H,12H2,1-2H3,(H,18,21). The molecule has 2 aromatic rings. The molecular formula is C17H18N2O2. The number of aryl methyl sites for hydroxylation is 1. The number of rotatable bonds is 4. The van der Waals surface area contributed by atoms with Gasteiger partial charge in [0, 0.05) is 18.3 Å². The second kappa shape index (κ2) is 6.70. The highest BCUT2D eigenvalue weighted by atomic mass is 16.2. The minimum Gasteiger partial charge on any atom is -0.343 e. The molecule has 0 saturated heterocycles. The number of carbonyl (C=O) groups is 2. The molecule has 0 heterocycles. The molecule has 0 aliphatic rings. The Hall–Kier alpha value is -2.62. The fourth-order valence-electron chi connectivity index (χ4n) is 1.88. The van der Waals surface area contributed by atoms with E-state index in [4.69, 9.17) is 0 Å². The summed E-state index contributed by atoms with van der Waals surface area (Å²) in [5, 5.41) is 2.64. The quantitative estimate of drug-likeness (QED) is 0.936. The normalized spacial score (nSPS) is 10.0.